The zero-order valence-electron chi connectivity index (χ0n) is 10.8. The molecule has 0 saturated heterocycles. The van der Waals surface area contributed by atoms with Gasteiger partial charge in [0.25, 0.3) is 0 Å². The molecular formula is C17H15NS. The molecule has 3 aromatic rings. The Labute approximate surface area is 118 Å². The molecule has 0 aliphatic carbocycles. The van der Waals surface area contributed by atoms with E-state index in [1.807, 2.05) is 6.07 Å². The number of thiocarbonyl (C=S) groups is 1. The first kappa shape index (κ1) is 12.1. The minimum Gasteiger partial charge on any atom is -0.340 e. The summed E-state index contributed by atoms with van der Waals surface area (Å²) in [5.41, 5.74) is 4.96. The summed E-state index contributed by atoms with van der Waals surface area (Å²) in [4.78, 5) is 0. The van der Waals surface area contributed by atoms with Crippen LogP contribution in [0.15, 0.2) is 54.6 Å². The standard InChI is InChI=1S/C17H15NS/c1-13-16(12-19)15-9-5-6-10-17(15)18(13)11-14-7-3-2-4-8-14/h2-10,12H,11H2,1H3. The van der Waals surface area contributed by atoms with Crippen molar-refractivity contribution in [3.8, 4) is 0 Å². The first-order valence-corrected chi connectivity index (χ1v) is 6.85. The van der Waals surface area contributed by atoms with E-state index in [0.29, 0.717) is 0 Å². The third-order valence-electron chi connectivity index (χ3n) is 3.58. The van der Waals surface area contributed by atoms with E-state index in [0.717, 1.165) is 6.54 Å². The first-order valence-electron chi connectivity index (χ1n) is 6.38. The molecule has 19 heavy (non-hydrogen) atoms. The van der Waals surface area contributed by atoms with Gasteiger partial charge in [-0.15, -0.1) is 0 Å². The van der Waals surface area contributed by atoms with Crippen LogP contribution in [-0.2, 0) is 6.54 Å². The van der Waals surface area contributed by atoms with Crippen molar-refractivity contribution in [2.24, 2.45) is 0 Å². The van der Waals surface area contributed by atoms with Gasteiger partial charge in [-0.05, 0) is 18.6 Å². The van der Waals surface area contributed by atoms with Gasteiger partial charge < -0.3 is 4.57 Å². The van der Waals surface area contributed by atoms with Crippen molar-refractivity contribution >= 4 is 28.5 Å². The highest BCUT2D eigenvalue weighted by atomic mass is 32.1. The van der Waals surface area contributed by atoms with Crippen LogP contribution < -0.4 is 0 Å². The fraction of sp³-hybridized carbons (Fsp3) is 0.118. The number of hydrogen-bond acceptors (Lipinski definition) is 1. The highest BCUT2D eigenvalue weighted by molar-refractivity contribution is 7.79. The molecule has 0 radical (unpaired) electrons. The maximum absolute atomic E-state index is 5.17. The van der Waals surface area contributed by atoms with Gasteiger partial charge >= 0.3 is 0 Å². The largest absolute Gasteiger partial charge is 0.340 e. The second kappa shape index (κ2) is 4.98. The zero-order valence-corrected chi connectivity index (χ0v) is 11.7. The van der Waals surface area contributed by atoms with Crippen molar-refractivity contribution in [1.82, 2.24) is 4.57 Å². The van der Waals surface area contributed by atoms with Crippen LogP contribution in [0, 0.1) is 6.92 Å². The van der Waals surface area contributed by atoms with Crippen LogP contribution in [0.4, 0.5) is 0 Å². The van der Waals surface area contributed by atoms with Crippen LogP contribution in [0.5, 0.6) is 0 Å². The monoisotopic (exact) mass is 265 g/mol. The van der Waals surface area contributed by atoms with Crippen molar-refractivity contribution in [2.45, 2.75) is 13.5 Å². The summed E-state index contributed by atoms with van der Waals surface area (Å²) in [6, 6.07) is 19.0. The predicted molar refractivity (Wildman–Crippen MR) is 85.0 cm³/mol. The number of para-hydroxylation sites is 1. The molecule has 0 unspecified atom stereocenters. The topological polar surface area (TPSA) is 4.93 Å². The summed E-state index contributed by atoms with van der Waals surface area (Å²) < 4.78 is 2.34. The Morgan fingerprint density at radius 2 is 1.68 bits per heavy atom. The van der Waals surface area contributed by atoms with E-state index in [1.54, 1.807) is 5.37 Å². The second-order valence-corrected chi connectivity index (χ2v) is 4.94. The van der Waals surface area contributed by atoms with E-state index in [1.165, 1.54) is 27.7 Å². The number of fused-ring (bicyclic) bond motifs is 1. The molecule has 0 saturated carbocycles. The predicted octanol–water partition coefficient (Wildman–Crippen LogP) is 4.35. The van der Waals surface area contributed by atoms with Crippen LogP contribution in [0.25, 0.3) is 10.9 Å². The molecule has 0 aliphatic rings. The van der Waals surface area contributed by atoms with E-state index in [9.17, 15) is 0 Å². The Kier molecular flexibility index (Phi) is 3.18. The SMILES string of the molecule is Cc1c(C=S)c2ccccc2n1Cc1ccccc1. The number of aromatic nitrogens is 1. The van der Waals surface area contributed by atoms with Crippen LogP contribution >= 0.6 is 12.2 Å². The number of rotatable bonds is 3. The molecule has 1 heterocycles. The molecule has 0 fully saturated rings. The first-order chi connectivity index (χ1) is 9.31. The summed E-state index contributed by atoms with van der Waals surface area (Å²) >= 11 is 5.17. The summed E-state index contributed by atoms with van der Waals surface area (Å²) in [6.07, 6.45) is 0. The lowest BCUT2D eigenvalue weighted by molar-refractivity contribution is 0.804. The van der Waals surface area contributed by atoms with Crippen molar-refractivity contribution in [3.63, 3.8) is 0 Å². The summed E-state index contributed by atoms with van der Waals surface area (Å²) in [7, 11) is 0. The lowest BCUT2D eigenvalue weighted by Gasteiger charge is -2.08. The molecule has 94 valence electrons. The fourth-order valence-electron chi connectivity index (χ4n) is 2.58. The number of nitrogens with zero attached hydrogens (tertiary/aromatic N) is 1. The van der Waals surface area contributed by atoms with Gasteiger partial charge in [0.2, 0.25) is 0 Å². The summed E-state index contributed by atoms with van der Waals surface area (Å²) in [5.74, 6) is 0. The quantitative estimate of drug-likeness (QED) is 0.637. The van der Waals surface area contributed by atoms with Crippen LogP contribution in [0.2, 0.25) is 0 Å². The Morgan fingerprint density at radius 1 is 1.00 bits per heavy atom. The maximum Gasteiger partial charge on any atom is 0.0492 e. The number of hydrogen-bond donors (Lipinski definition) is 0. The fourth-order valence-corrected chi connectivity index (χ4v) is 2.87. The lowest BCUT2D eigenvalue weighted by Crippen LogP contribution is -2.01. The van der Waals surface area contributed by atoms with Crippen LogP contribution in [-0.4, -0.2) is 9.93 Å². The molecule has 0 amide bonds. The normalized spacial score (nSPS) is 10.8. The zero-order chi connectivity index (χ0) is 13.2. The van der Waals surface area contributed by atoms with Gasteiger partial charge in [0.1, 0.15) is 0 Å². The Morgan fingerprint density at radius 3 is 2.42 bits per heavy atom. The van der Waals surface area contributed by atoms with E-state index in [-0.39, 0.29) is 0 Å². The molecule has 0 aliphatic heterocycles. The highest BCUT2D eigenvalue weighted by Crippen LogP contribution is 2.25. The Hall–Kier alpha value is -1.93. The highest BCUT2D eigenvalue weighted by Gasteiger charge is 2.11. The molecule has 0 bridgehead atoms. The van der Waals surface area contributed by atoms with Gasteiger partial charge in [0, 0.05) is 34.1 Å². The molecular weight excluding hydrogens is 250 g/mol. The second-order valence-electron chi connectivity index (χ2n) is 4.71. The van der Waals surface area contributed by atoms with Gasteiger partial charge in [-0.1, -0.05) is 60.7 Å². The Balaban J connectivity index is 2.18. The van der Waals surface area contributed by atoms with E-state index in [2.05, 4.69) is 60.0 Å². The average molecular weight is 265 g/mol. The lowest BCUT2D eigenvalue weighted by atomic mass is 10.2. The molecule has 3 rings (SSSR count). The van der Waals surface area contributed by atoms with Crippen molar-refractivity contribution in [2.75, 3.05) is 0 Å². The average Bonchev–Trinajstić information content (AvgIpc) is 2.73. The smallest absolute Gasteiger partial charge is 0.0492 e. The van der Waals surface area contributed by atoms with E-state index >= 15 is 0 Å². The molecule has 2 heteroatoms. The third kappa shape index (κ3) is 2.08. The molecule has 2 aromatic carbocycles. The Bertz CT molecular complexity index is 726. The van der Waals surface area contributed by atoms with Crippen LogP contribution in [0.3, 0.4) is 0 Å². The number of benzene rings is 2. The minimum atomic E-state index is 0.885. The molecule has 0 spiro atoms. The van der Waals surface area contributed by atoms with Crippen LogP contribution in [0.1, 0.15) is 16.8 Å². The van der Waals surface area contributed by atoms with Crippen molar-refractivity contribution in [3.05, 3.63) is 71.4 Å². The van der Waals surface area contributed by atoms with E-state index < -0.39 is 0 Å². The van der Waals surface area contributed by atoms with Gasteiger partial charge in [0.15, 0.2) is 0 Å². The summed E-state index contributed by atoms with van der Waals surface area (Å²) in [6.45, 7) is 3.03. The van der Waals surface area contributed by atoms with Gasteiger partial charge in [0.05, 0.1) is 0 Å². The van der Waals surface area contributed by atoms with Gasteiger partial charge in [-0.25, -0.2) is 0 Å². The molecule has 0 atom stereocenters. The minimum absolute atomic E-state index is 0.885. The van der Waals surface area contributed by atoms with Crippen molar-refractivity contribution in [1.29, 1.82) is 0 Å². The summed E-state index contributed by atoms with van der Waals surface area (Å²) in [5, 5.41) is 3.03. The van der Waals surface area contributed by atoms with E-state index in [4.69, 9.17) is 12.2 Å². The third-order valence-corrected chi connectivity index (χ3v) is 3.82. The molecule has 0 N–H and O–H groups in total. The van der Waals surface area contributed by atoms with Gasteiger partial charge in [-0.2, -0.15) is 0 Å². The van der Waals surface area contributed by atoms with Crippen molar-refractivity contribution < 1.29 is 0 Å². The molecule has 1 aromatic heterocycles. The maximum atomic E-state index is 5.17. The van der Waals surface area contributed by atoms with Gasteiger partial charge in [-0.3, -0.25) is 0 Å². The molecule has 1 nitrogen and oxygen atoms in total.